The molecule has 0 atom stereocenters. The number of rotatable bonds is 6. The van der Waals surface area contributed by atoms with Gasteiger partial charge in [-0.2, -0.15) is 15.0 Å². The number of nitrogens with one attached hydrogen (secondary N) is 2. The molecule has 0 saturated heterocycles. The molecule has 0 spiro atoms. The Balaban J connectivity index is 1.64. The first-order valence-corrected chi connectivity index (χ1v) is 9.30. The van der Waals surface area contributed by atoms with Crippen molar-refractivity contribution in [2.75, 3.05) is 10.6 Å². The van der Waals surface area contributed by atoms with Gasteiger partial charge in [0.15, 0.2) is 5.16 Å². The van der Waals surface area contributed by atoms with Crippen molar-refractivity contribution in [2.45, 2.75) is 10.1 Å². The van der Waals surface area contributed by atoms with Gasteiger partial charge in [-0.25, -0.2) is 0 Å². The molecule has 0 saturated carbocycles. The summed E-state index contributed by atoms with van der Waals surface area (Å²) in [6.07, 6.45) is 0. The van der Waals surface area contributed by atoms with Crippen molar-refractivity contribution in [1.29, 1.82) is 0 Å². The van der Waals surface area contributed by atoms with E-state index in [-0.39, 0.29) is 0 Å². The number of para-hydroxylation sites is 2. The predicted molar refractivity (Wildman–Crippen MR) is 110 cm³/mol. The Morgan fingerprint density at radius 2 is 0.963 bits per heavy atom. The zero-order valence-corrected chi connectivity index (χ0v) is 15.2. The van der Waals surface area contributed by atoms with Crippen LogP contribution in [0, 0.1) is 0 Å². The van der Waals surface area contributed by atoms with E-state index in [4.69, 9.17) is 0 Å². The third kappa shape index (κ3) is 4.83. The van der Waals surface area contributed by atoms with Crippen molar-refractivity contribution in [1.82, 2.24) is 15.0 Å². The minimum Gasteiger partial charge on any atom is -0.324 e. The van der Waals surface area contributed by atoms with E-state index in [0.29, 0.717) is 17.1 Å². The fourth-order valence-corrected chi connectivity index (χ4v) is 3.18. The second kappa shape index (κ2) is 8.33. The van der Waals surface area contributed by atoms with Crippen LogP contribution < -0.4 is 10.6 Å². The zero-order chi connectivity index (χ0) is 18.3. The molecule has 4 aromatic rings. The molecule has 3 aromatic carbocycles. The van der Waals surface area contributed by atoms with E-state index in [1.165, 1.54) is 11.8 Å². The van der Waals surface area contributed by atoms with Crippen LogP contribution in [0.4, 0.5) is 23.3 Å². The van der Waals surface area contributed by atoms with E-state index in [1.54, 1.807) is 0 Å². The summed E-state index contributed by atoms with van der Waals surface area (Å²) in [5.74, 6) is 0.987. The second-order valence-corrected chi connectivity index (χ2v) is 6.70. The van der Waals surface area contributed by atoms with Gasteiger partial charge in [-0.1, -0.05) is 54.6 Å². The molecule has 27 heavy (non-hydrogen) atoms. The number of aromatic nitrogens is 3. The average molecular weight is 371 g/mol. The number of hydrogen-bond donors (Lipinski definition) is 2. The van der Waals surface area contributed by atoms with Crippen LogP contribution in [0.5, 0.6) is 0 Å². The fourth-order valence-electron chi connectivity index (χ4n) is 2.41. The van der Waals surface area contributed by atoms with E-state index in [0.717, 1.165) is 16.3 Å². The lowest BCUT2D eigenvalue weighted by Crippen LogP contribution is -2.05. The minimum absolute atomic E-state index is 0.494. The molecule has 0 aliphatic rings. The van der Waals surface area contributed by atoms with Gasteiger partial charge in [0.25, 0.3) is 0 Å². The third-order valence-electron chi connectivity index (χ3n) is 3.63. The van der Waals surface area contributed by atoms with Gasteiger partial charge in [0.05, 0.1) is 0 Å². The van der Waals surface area contributed by atoms with Crippen molar-refractivity contribution in [2.24, 2.45) is 0 Å². The van der Waals surface area contributed by atoms with E-state index in [9.17, 15) is 0 Å². The van der Waals surface area contributed by atoms with Crippen LogP contribution in [0.3, 0.4) is 0 Å². The van der Waals surface area contributed by atoms with Crippen molar-refractivity contribution in [3.05, 3.63) is 91.0 Å². The highest BCUT2D eigenvalue weighted by Crippen LogP contribution is 2.27. The molecule has 0 unspecified atom stereocenters. The van der Waals surface area contributed by atoms with Gasteiger partial charge in [-0.15, -0.1) is 0 Å². The number of anilines is 4. The SMILES string of the molecule is c1ccc(Nc2nc(Nc3ccccc3)nc(Sc3ccccc3)n2)cc1. The Morgan fingerprint density at radius 3 is 1.44 bits per heavy atom. The summed E-state index contributed by atoms with van der Waals surface area (Å²) >= 11 is 1.49. The fraction of sp³-hybridized carbons (Fsp3) is 0. The molecule has 2 N–H and O–H groups in total. The van der Waals surface area contributed by atoms with Gasteiger partial charge in [0.1, 0.15) is 0 Å². The molecule has 1 aromatic heterocycles. The molecule has 5 nitrogen and oxygen atoms in total. The molecule has 0 radical (unpaired) electrons. The first kappa shape index (κ1) is 17.1. The molecular weight excluding hydrogens is 354 g/mol. The molecule has 4 rings (SSSR count). The van der Waals surface area contributed by atoms with Crippen LogP contribution in [0.2, 0.25) is 0 Å². The third-order valence-corrected chi connectivity index (χ3v) is 4.50. The van der Waals surface area contributed by atoms with Crippen LogP contribution in [-0.2, 0) is 0 Å². The molecule has 0 bridgehead atoms. The van der Waals surface area contributed by atoms with E-state index in [2.05, 4.69) is 25.6 Å². The van der Waals surface area contributed by atoms with E-state index >= 15 is 0 Å². The van der Waals surface area contributed by atoms with E-state index < -0.39 is 0 Å². The molecular formula is C21H17N5S. The second-order valence-electron chi connectivity index (χ2n) is 5.66. The normalized spacial score (nSPS) is 10.4. The van der Waals surface area contributed by atoms with Crippen LogP contribution >= 0.6 is 11.8 Å². The Bertz CT molecular complexity index is 850. The first-order valence-electron chi connectivity index (χ1n) is 8.48. The van der Waals surface area contributed by atoms with Crippen LogP contribution in [0.15, 0.2) is 101 Å². The molecule has 0 amide bonds. The maximum atomic E-state index is 4.56. The Kier molecular flexibility index (Phi) is 5.26. The first-order chi connectivity index (χ1) is 13.3. The monoisotopic (exact) mass is 371 g/mol. The summed E-state index contributed by atoms with van der Waals surface area (Å²) in [6, 6.07) is 29.7. The lowest BCUT2D eigenvalue weighted by atomic mass is 10.3. The van der Waals surface area contributed by atoms with Crippen LogP contribution in [-0.4, -0.2) is 15.0 Å². The lowest BCUT2D eigenvalue weighted by molar-refractivity contribution is 0.920. The maximum Gasteiger partial charge on any atom is 0.233 e. The molecule has 0 aliphatic carbocycles. The van der Waals surface area contributed by atoms with Gasteiger partial charge in [-0.05, 0) is 48.2 Å². The molecule has 132 valence electrons. The Hall–Kier alpha value is -3.38. The molecule has 0 fully saturated rings. The van der Waals surface area contributed by atoms with Crippen molar-refractivity contribution < 1.29 is 0 Å². The standard InChI is InChI=1S/C21H17N5S/c1-4-10-16(11-5-1)22-19-24-20(23-17-12-6-2-7-13-17)26-21(25-19)27-18-14-8-3-9-15-18/h1-15H,(H2,22,23,24,25,26). The van der Waals surface area contributed by atoms with Crippen LogP contribution in [0.25, 0.3) is 0 Å². The highest BCUT2D eigenvalue weighted by molar-refractivity contribution is 7.99. The summed E-state index contributed by atoms with van der Waals surface area (Å²) in [5, 5.41) is 7.10. The summed E-state index contributed by atoms with van der Waals surface area (Å²) < 4.78 is 0. The topological polar surface area (TPSA) is 62.7 Å². The number of hydrogen-bond acceptors (Lipinski definition) is 6. The van der Waals surface area contributed by atoms with Gasteiger partial charge in [-0.3, -0.25) is 0 Å². The van der Waals surface area contributed by atoms with Crippen molar-refractivity contribution in [3.8, 4) is 0 Å². The molecule has 6 heteroatoms. The quantitative estimate of drug-likeness (QED) is 0.466. The summed E-state index contributed by atoms with van der Waals surface area (Å²) in [5.41, 5.74) is 1.84. The number of nitrogens with zero attached hydrogens (tertiary/aromatic N) is 3. The predicted octanol–water partition coefficient (Wildman–Crippen LogP) is 5.51. The zero-order valence-electron chi connectivity index (χ0n) is 14.4. The van der Waals surface area contributed by atoms with E-state index in [1.807, 2.05) is 91.0 Å². The largest absolute Gasteiger partial charge is 0.324 e. The average Bonchev–Trinajstić information content (AvgIpc) is 2.70. The summed E-state index contributed by atoms with van der Waals surface area (Å²) in [6.45, 7) is 0. The minimum atomic E-state index is 0.494. The Morgan fingerprint density at radius 1 is 0.519 bits per heavy atom. The molecule has 1 heterocycles. The smallest absolute Gasteiger partial charge is 0.233 e. The highest BCUT2D eigenvalue weighted by Gasteiger charge is 2.09. The highest BCUT2D eigenvalue weighted by atomic mass is 32.2. The Labute approximate surface area is 161 Å². The molecule has 0 aliphatic heterocycles. The summed E-state index contributed by atoms with van der Waals surface area (Å²) in [7, 11) is 0. The van der Waals surface area contributed by atoms with Gasteiger partial charge in [0, 0.05) is 16.3 Å². The van der Waals surface area contributed by atoms with Gasteiger partial charge in [0.2, 0.25) is 11.9 Å². The summed E-state index contributed by atoms with van der Waals surface area (Å²) in [4.78, 5) is 14.7. The van der Waals surface area contributed by atoms with Crippen LogP contribution in [0.1, 0.15) is 0 Å². The van der Waals surface area contributed by atoms with Gasteiger partial charge < -0.3 is 10.6 Å². The van der Waals surface area contributed by atoms with Crippen molar-refractivity contribution >= 4 is 35.0 Å². The van der Waals surface area contributed by atoms with Gasteiger partial charge >= 0.3 is 0 Å². The maximum absolute atomic E-state index is 4.56. The van der Waals surface area contributed by atoms with Crippen molar-refractivity contribution in [3.63, 3.8) is 0 Å². The lowest BCUT2D eigenvalue weighted by Gasteiger charge is -2.10. The number of benzene rings is 3.